The summed E-state index contributed by atoms with van der Waals surface area (Å²) >= 11 is 0. The van der Waals surface area contributed by atoms with E-state index in [1.165, 1.54) is 24.0 Å². The Hall–Kier alpha value is -3.23. The Labute approximate surface area is 208 Å². The number of benzene rings is 1. The number of nitrogens with one attached hydrogen (secondary N) is 1. The van der Waals surface area contributed by atoms with Crippen LogP contribution in [-0.4, -0.2) is 46.2 Å². The third kappa shape index (κ3) is 4.75. The molecule has 2 aliphatic carbocycles. The van der Waals surface area contributed by atoms with Crippen LogP contribution >= 0.6 is 0 Å². The molecular weight excluding hydrogens is 468 g/mol. The number of hydrogen-bond acceptors (Lipinski definition) is 4. The highest BCUT2D eigenvalue weighted by molar-refractivity contribution is 5.74. The smallest absolute Gasteiger partial charge is 0.407 e. The summed E-state index contributed by atoms with van der Waals surface area (Å²) < 4.78 is 35.4. The first-order valence-electron chi connectivity index (χ1n) is 12.5. The highest BCUT2D eigenvalue weighted by Crippen LogP contribution is 2.53. The zero-order valence-electron chi connectivity index (χ0n) is 20.5. The molecule has 0 spiro atoms. The summed E-state index contributed by atoms with van der Waals surface area (Å²) in [5, 5.41) is 12.5. The first kappa shape index (κ1) is 24.5. The molecule has 5 rings (SSSR count). The number of likely N-dealkylation sites (tertiary alicyclic amines) is 1. The summed E-state index contributed by atoms with van der Waals surface area (Å²) in [6.45, 7) is 4.10. The second kappa shape index (κ2) is 9.01. The summed E-state index contributed by atoms with van der Waals surface area (Å²) in [5.74, 6) is -2.10. The molecule has 1 aromatic carbocycles. The Morgan fingerprint density at radius 2 is 1.86 bits per heavy atom. The van der Waals surface area contributed by atoms with Crippen molar-refractivity contribution in [2.75, 3.05) is 13.2 Å². The number of hydrogen-bond donors (Lipinski definition) is 2. The van der Waals surface area contributed by atoms with E-state index >= 15 is 0 Å². The Morgan fingerprint density at radius 3 is 2.39 bits per heavy atom. The maximum absolute atomic E-state index is 14.9. The van der Waals surface area contributed by atoms with Crippen LogP contribution in [0, 0.1) is 23.0 Å². The van der Waals surface area contributed by atoms with Crippen molar-refractivity contribution in [1.29, 1.82) is 0 Å². The van der Waals surface area contributed by atoms with Gasteiger partial charge in [-0.25, -0.2) is 13.6 Å². The molecule has 1 aliphatic heterocycles. The van der Waals surface area contributed by atoms with Crippen molar-refractivity contribution >= 4 is 12.0 Å². The lowest BCUT2D eigenvalue weighted by molar-refractivity contribution is -0.120. The molecule has 1 saturated heterocycles. The van der Waals surface area contributed by atoms with Crippen molar-refractivity contribution in [3.63, 3.8) is 0 Å². The average molecular weight is 500 g/mol. The van der Waals surface area contributed by atoms with Crippen LogP contribution in [0.2, 0.25) is 0 Å². The number of carbonyl (C=O) groups excluding carboxylic acids is 1. The van der Waals surface area contributed by atoms with Gasteiger partial charge >= 0.3 is 6.09 Å². The molecule has 2 atom stereocenters. The molecule has 2 heterocycles. The summed E-state index contributed by atoms with van der Waals surface area (Å²) in [6, 6.07) is 5.89. The fraction of sp³-hybridized carbons (Fsp3) is 0.519. The number of carboxylic acid groups (broad SMARTS) is 1. The molecule has 0 bridgehead atoms. The number of rotatable bonds is 7. The molecule has 2 unspecified atom stereocenters. The fourth-order valence-electron chi connectivity index (χ4n) is 5.43. The highest BCUT2D eigenvalue weighted by atomic mass is 19.1. The zero-order valence-corrected chi connectivity index (χ0v) is 20.5. The van der Waals surface area contributed by atoms with E-state index in [-0.39, 0.29) is 29.9 Å². The molecule has 2 amide bonds. The minimum Gasteiger partial charge on any atom is -0.487 e. The number of nitrogens with zero attached hydrogens (tertiary/aromatic N) is 2. The van der Waals surface area contributed by atoms with E-state index in [4.69, 9.17) is 4.74 Å². The van der Waals surface area contributed by atoms with Gasteiger partial charge < -0.3 is 20.1 Å². The fourth-order valence-corrected chi connectivity index (χ4v) is 5.43. The minimum atomic E-state index is -0.912. The van der Waals surface area contributed by atoms with Crippen molar-refractivity contribution in [2.45, 2.75) is 64.0 Å². The zero-order chi connectivity index (χ0) is 25.7. The van der Waals surface area contributed by atoms with Crippen LogP contribution in [0.1, 0.15) is 58.1 Å². The lowest BCUT2D eigenvalue weighted by atomic mass is 9.83. The van der Waals surface area contributed by atoms with Gasteiger partial charge in [-0.3, -0.25) is 9.78 Å². The maximum Gasteiger partial charge on any atom is 0.407 e. The number of halogens is 2. The molecule has 0 radical (unpaired) electrons. The van der Waals surface area contributed by atoms with Gasteiger partial charge in [-0.05, 0) is 73.6 Å². The monoisotopic (exact) mass is 499 g/mol. The molecule has 192 valence electrons. The molecular formula is C27H31F2N3O4. The van der Waals surface area contributed by atoms with E-state index < -0.39 is 29.0 Å². The predicted molar refractivity (Wildman–Crippen MR) is 128 cm³/mol. The summed E-state index contributed by atoms with van der Waals surface area (Å²) in [4.78, 5) is 29.1. The summed E-state index contributed by atoms with van der Waals surface area (Å²) in [5.41, 5.74) is 1.19. The van der Waals surface area contributed by atoms with E-state index in [2.05, 4.69) is 17.2 Å². The second-order valence-corrected chi connectivity index (χ2v) is 10.8. The lowest BCUT2D eigenvalue weighted by Crippen LogP contribution is -2.50. The van der Waals surface area contributed by atoms with Crippen molar-refractivity contribution in [1.82, 2.24) is 15.2 Å². The first-order chi connectivity index (χ1) is 17.1. The number of amides is 2. The van der Waals surface area contributed by atoms with Gasteiger partial charge in [0.05, 0.1) is 17.8 Å². The Balaban J connectivity index is 1.25. The molecule has 7 nitrogen and oxygen atoms in total. The minimum absolute atomic E-state index is 0.0138. The molecule has 2 saturated carbocycles. The van der Waals surface area contributed by atoms with E-state index in [1.54, 1.807) is 18.3 Å². The van der Waals surface area contributed by atoms with Gasteiger partial charge in [0, 0.05) is 31.3 Å². The van der Waals surface area contributed by atoms with Gasteiger partial charge in [-0.2, -0.15) is 0 Å². The molecule has 3 aliphatic rings. The third-order valence-corrected chi connectivity index (χ3v) is 8.01. The molecule has 3 fully saturated rings. The molecule has 9 heteroatoms. The predicted octanol–water partition coefficient (Wildman–Crippen LogP) is 5.09. The Bertz CT molecular complexity index is 1160. The third-order valence-electron chi connectivity index (χ3n) is 8.01. The number of carbonyl (C=O) groups is 2. The van der Waals surface area contributed by atoms with Crippen LogP contribution in [0.5, 0.6) is 5.75 Å². The number of piperidine rings is 1. The normalized spacial score (nSPS) is 23.6. The van der Waals surface area contributed by atoms with E-state index in [0.29, 0.717) is 30.5 Å². The van der Waals surface area contributed by atoms with Crippen LogP contribution < -0.4 is 10.1 Å². The van der Waals surface area contributed by atoms with Crippen molar-refractivity contribution in [3.05, 3.63) is 47.8 Å². The van der Waals surface area contributed by atoms with Crippen LogP contribution in [0.15, 0.2) is 30.5 Å². The van der Waals surface area contributed by atoms with Crippen molar-refractivity contribution < 1.29 is 28.2 Å². The first-order valence-corrected chi connectivity index (χ1v) is 12.5. The summed E-state index contributed by atoms with van der Waals surface area (Å²) in [6.07, 6.45) is 5.46. The summed E-state index contributed by atoms with van der Waals surface area (Å²) in [7, 11) is 0. The molecule has 2 N–H and O–H groups in total. The molecule has 1 aromatic heterocycles. The van der Waals surface area contributed by atoms with E-state index in [1.807, 2.05) is 0 Å². The maximum atomic E-state index is 14.9. The topological polar surface area (TPSA) is 91.8 Å². The van der Waals surface area contributed by atoms with E-state index in [9.17, 15) is 23.5 Å². The van der Waals surface area contributed by atoms with Gasteiger partial charge in [-0.1, -0.05) is 13.0 Å². The molecule has 2 aromatic rings. The van der Waals surface area contributed by atoms with Crippen LogP contribution in [-0.2, 0) is 10.3 Å². The van der Waals surface area contributed by atoms with Crippen molar-refractivity contribution in [2.24, 2.45) is 11.3 Å². The van der Waals surface area contributed by atoms with Crippen LogP contribution in [0.4, 0.5) is 13.6 Å². The second-order valence-electron chi connectivity index (χ2n) is 10.8. The van der Waals surface area contributed by atoms with Gasteiger partial charge in [0.2, 0.25) is 5.91 Å². The SMILES string of the molecule is CC(=O)NC1(c2ccc(-c3cc(F)c(OCC4CCN(C(=O)O)C(C5(C)CC5)C4)c(F)c3)cn2)CC1. The standard InChI is InChI=1S/C27H31F2N3O4/c1-16(33)31-27(8-9-27)22-4-3-18(14-30-22)19-12-20(28)24(21(29)13-19)36-15-17-5-10-32(25(34)35)23(11-17)26(2)6-7-26/h3-4,12-14,17,23H,5-11,15H2,1-2H3,(H,31,33)(H,34,35). The average Bonchev–Trinajstić information content (AvgIpc) is 3.76. The largest absolute Gasteiger partial charge is 0.487 e. The van der Waals surface area contributed by atoms with Gasteiger partial charge in [0.1, 0.15) is 0 Å². The quantitative estimate of drug-likeness (QED) is 0.554. The van der Waals surface area contributed by atoms with Gasteiger partial charge in [-0.15, -0.1) is 0 Å². The number of pyridine rings is 1. The van der Waals surface area contributed by atoms with Crippen LogP contribution in [0.3, 0.4) is 0 Å². The number of ether oxygens (including phenoxy) is 1. The van der Waals surface area contributed by atoms with Gasteiger partial charge in [0.15, 0.2) is 17.4 Å². The van der Waals surface area contributed by atoms with E-state index in [0.717, 1.165) is 31.4 Å². The molecule has 36 heavy (non-hydrogen) atoms. The Kier molecular flexibility index (Phi) is 6.12. The lowest BCUT2D eigenvalue weighted by Gasteiger charge is -2.41. The number of aromatic nitrogens is 1. The highest BCUT2D eigenvalue weighted by Gasteiger charge is 2.51. The van der Waals surface area contributed by atoms with Crippen molar-refractivity contribution in [3.8, 4) is 16.9 Å². The van der Waals surface area contributed by atoms with Gasteiger partial charge in [0.25, 0.3) is 0 Å². The Morgan fingerprint density at radius 1 is 1.17 bits per heavy atom. The van der Waals surface area contributed by atoms with Crippen LogP contribution in [0.25, 0.3) is 11.1 Å².